The van der Waals surface area contributed by atoms with E-state index in [1.807, 2.05) is 42.1 Å². The molecule has 2 aromatic heterocycles. The van der Waals surface area contributed by atoms with Crippen LogP contribution >= 0.6 is 27.3 Å². The predicted octanol–water partition coefficient (Wildman–Crippen LogP) is 2.91. The lowest BCUT2D eigenvalue weighted by atomic mass is 10.1. The number of hydrogen-bond acceptors (Lipinski definition) is 3. The van der Waals surface area contributed by atoms with Gasteiger partial charge in [0.2, 0.25) is 0 Å². The van der Waals surface area contributed by atoms with Crippen LogP contribution in [0.1, 0.15) is 0 Å². The van der Waals surface area contributed by atoms with Gasteiger partial charge in [-0.25, -0.2) is 4.57 Å². The van der Waals surface area contributed by atoms with Gasteiger partial charge in [0.15, 0.2) is 0 Å². The molecule has 0 bridgehead atoms. The van der Waals surface area contributed by atoms with Crippen LogP contribution in [0.25, 0.3) is 22.2 Å². The number of hydrogen-bond donors (Lipinski definition) is 0. The van der Waals surface area contributed by atoms with Crippen LogP contribution in [0, 0.1) is 0 Å². The van der Waals surface area contributed by atoms with Crippen LogP contribution in [0.15, 0.2) is 74.8 Å². The largest absolute Gasteiger partial charge is 1.00 e. The van der Waals surface area contributed by atoms with Gasteiger partial charge in [-0.15, -0.1) is 0 Å². The fourth-order valence-corrected chi connectivity index (χ4v) is 4.38. The lowest BCUT2D eigenvalue weighted by Crippen LogP contribution is -3.00. The normalized spacial score (nSPS) is 11.2. The molecular formula is C19H16BrClN4S. The number of halogens is 2. The summed E-state index contributed by atoms with van der Waals surface area (Å²) in [6.07, 6.45) is 1.99. The molecule has 4 aromatic rings. The molecule has 0 saturated carbocycles. The fraction of sp³-hybridized carbons (Fsp3) is 0.105. The molecule has 0 N–H and O–H groups in total. The van der Waals surface area contributed by atoms with Crippen LogP contribution in [0.2, 0.25) is 0 Å². The van der Waals surface area contributed by atoms with Crippen LogP contribution in [0.5, 0.6) is 0 Å². The Morgan fingerprint density at radius 3 is 2.38 bits per heavy atom. The second-order valence-electron chi connectivity index (χ2n) is 5.77. The lowest BCUT2D eigenvalue weighted by Gasteiger charge is -2.04. The Morgan fingerprint density at radius 1 is 1.00 bits per heavy atom. The average Bonchev–Trinajstić information content (AvgIpc) is 3.10. The highest BCUT2D eigenvalue weighted by molar-refractivity contribution is 9.11. The van der Waals surface area contributed by atoms with Crippen LogP contribution in [0.4, 0.5) is 10.8 Å². The first kappa shape index (κ1) is 18.8. The minimum absolute atomic E-state index is 0. The van der Waals surface area contributed by atoms with Crippen molar-refractivity contribution in [2.75, 3.05) is 0 Å². The molecule has 0 amide bonds. The first-order valence-corrected chi connectivity index (χ1v) is 9.45. The Morgan fingerprint density at radius 2 is 1.69 bits per heavy atom. The zero-order valence-corrected chi connectivity index (χ0v) is 17.4. The van der Waals surface area contributed by atoms with E-state index in [1.54, 1.807) is 11.3 Å². The number of para-hydroxylation sites is 1. The Kier molecular flexibility index (Phi) is 5.55. The van der Waals surface area contributed by atoms with Gasteiger partial charge in [-0.3, -0.25) is 0 Å². The standard InChI is InChI=1S/C19H16BrN4S.ClH/c1-23-12-16(20)25-19(23)22-21-17-14-10-6-7-11-15(14)24(2)18(17)13-8-4-3-5-9-13;/h3-12H,1-2H3;1H/q+1;/p-1. The molecule has 4 nitrogen and oxygen atoms in total. The summed E-state index contributed by atoms with van der Waals surface area (Å²) in [7, 11) is 4.04. The highest BCUT2D eigenvalue weighted by Gasteiger charge is 2.19. The summed E-state index contributed by atoms with van der Waals surface area (Å²) >= 11 is 5.06. The number of fused-ring (bicyclic) bond motifs is 1. The van der Waals surface area contributed by atoms with Crippen molar-refractivity contribution >= 4 is 49.0 Å². The van der Waals surface area contributed by atoms with E-state index in [0.717, 1.165) is 36.8 Å². The van der Waals surface area contributed by atoms with Crippen LogP contribution in [0.3, 0.4) is 0 Å². The molecule has 0 spiro atoms. The smallest absolute Gasteiger partial charge is 0.409 e. The maximum atomic E-state index is 4.65. The molecule has 2 heterocycles. The van der Waals surface area contributed by atoms with Gasteiger partial charge in [-0.1, -0.05) is 48.5 Å². The number of rotatable bonds is 3. The van der Waals surface area contributed by atoms with Crippen LogP contribution in [-0.2, 0) is 14.1 Å². The van der Waals surface area contributed by atoms with Crippen LogP contribution < -0.4 is 17.0 Å². The van der Waals surface area contributed by atoms with E-state index in [1.165, 1.54) is 0 Å². The fourth-order valence-electron chi connectivity index (χ4n) is 2.98. The van der Waals surface area contributed by atoms with Crippen molar-refractivity contribution in [3.63, 3.8) is 0 Å². The molecule has 0 aliphatic heterocycles. The maximum Gasteiger partial charge on any atom is 0.409 e. The number of azo groups is 1. The van der Waals surface area contributed by atoms with E-state index in [2.05, 4.69) is 68.1 Å². The van der Waals surface area contributed by atoms with Crippen molar-refractivity contribution in [3.05, 3.63) is 64.6 Å². The van der Waals surface area contributed by atoms with Crippen molar-refractivity contribution in [3.8, 4) is 11.3 Å². The number of benzene rings is 2. The molecule has 0 aliphatic carbocycles. The van der Waals surface area contributed by atoms with Gasteiger partial charge in [0.1, 0.15) is 15.7 Å². The summed E-state index contributed by atoms with van der Waals surface area (Å²) in [4.78, 5) is 0. The quantitative estimate of drug-likeness (QED) is 0.342. The van der Waals surface area contributed by atoms with E-state index >= 15 is 0 Å². The molecule has 26 heavy (non-hydrogen) atoms. The number of nitrogens with zero attached hydrogens (tertiary/aromatic N) is 4. The molecule has 0 saturated heterocycles. The summed E-state index contributed by atoms with van der Waals surface area (Å²) in [5, 5.41) is 11.1. The molecule has 7 heteroatoms. The highest BCUT2D eigenvalue weighted by atomic mass is 79.9. The van der Waals surface area contributed by atoms with E-state index in [-0.39, 0.29) is 12.4 Å². The van der Waals surface area contributed by atoms with Gasteiger partial charge >= 0.3 is 5.13 Å². The van der Waals surface area contributed by atoms with Crippen molar-refractivity contribution < 1.29 is 17.0 Å². The monoisotopic (exact) mass is 446 g/mol. The second kappa shape index (κ2) is 7.70. The Labute approximate surface area is 170 Å². The van der Waals surface area contributed by atoms with E-state index in [4.69, 9.17) is 0 Å². The molecule has 132 valence electrons. The van der Waals surface area contributed by atoms with Crippen molar-refractivity contribution in [2.24, 2.45) is 24.3 Å². The molecule has 4 rings (SSSR count). The second-order valence-corrected chi connectivity index (χ2v) is 8.16. The molecule has 0 atom stereocenters. The van der Waals surface area contributed by atoms with Gasteiger partial charge < -0.3 is 17.0 Å². The minimum atomic E-state index is 0. The highest BCUT2D eigenvalue weighted by Crippen LogP contribution is 2.40. The molecule has 0 aliphatic rings. The summed E-state index contributed by atoms with van der Waals surface area (Å²) in [6.45, 7) is 0. The first-order valence-electron chi connectivity index (χ1n) is 7.84. The molecule has 2 aromatic carbocycles. The zero-order valence-electron chi connectivity index (χ0n) is 14.2. The minimum Gasteiger partial charge on any atom is -1.00 e. The maximum absolute atomic E-state index is 4.65. The first-order chi connectivity index (χ1) is 12.1. The van der Waals surface area contributed by atoms with E-state index in [9.17, 15) is 0 Å². The average molecular weight is 448 g/mol. The third-order valence-corrected chi connectivity index (χ3v) is 5.69. The zero-order chi connectivity index (χ0) is 17.4. The SMILES string of the molecule is Cn1c(-c2ccccc2)c(/N=N/c2sc(Br)c[n+]2C)c2ccccc21.[Cl-]. The van der Waals surface area contributed by atoms with Crippen LogP contribution in [-0.4, -0.2) is 4.57 Å². The summed E-state index contributed by atoms with van der Waals surface area (Å²) in [5.41, 5.74) is 4.25. The van der Waals surface area contributed by atoms with Gasteiger partial charge in [0.25, 0.3) is 0 Å². The third kappa shape index (κ3) is 3.32. The van der Waals surface area contributed by atoms with Gasteiger partial charge in [-0.2, -0.15) is 0 Å². The van der Waals surface area contributed by atoms with Crippen molar-refractivity contribution in [2.45, 2.75) is 0 Å². The molecule has 0 radical (unpaired) electrons. The van der Waals surface area contributed by atoms with Gasteiger partial charge in [0.05, 0.1) is 23.4 Å². The molecule has 0 unspecified atom stereocenters. The Bertz CT molecular complexity index is 1090. The van der Waals surface area contributed by atoms with E-state index in [0.29, 0.717) is 0 Å². The van der Waals surface area contributed by atoms with Gasteiger partial charge in [0, 0.05) is 18.0 Å². The van der Waals surface area contributed by atoms with Crippen molar-refractivity contribution in [1.82, 2.24) is 4.57 Å². The molecular weight excluding hydrogens is 432 g/mol. The van der Waals surface area contributed by atoms with Gasteiger partial charge in [-0.05, 0) is 38.4 Å². The van der Waals surface area contributed by atoms with Crippen molar-refractivity contribution in [1.29, 1.82) is 0 Å². The predicted molar refractivity (Wildman–Crippen MR) is 106 cm³/mol. The summed E-state index contributed by atoms with van der Waals surface area (Å²) in [5.74, 6) is 0. The summed E-state index contributed by atoms with van der Waals surface area (Å²) in [6, 6.07) is 18.6. The summed E-state index contributed by atoms with van der Waals surface area (Å²) < 4.78 is 5.18. The lowest BCUT2D eigenvalue weighted by molar-refractivity contribution is -0.654. The molecule has 0 fully saturated rings. The Hall–Kier alpha value is -2.02. The third-order valence-electron chi connectivity index (χ3n) is 4.15. The topological polar surface area (TPSA) is 33.5 Å². The Balaban J connectivity index is 0.00000196. The van der Waals surface area contributed by atoms with E-state index < -0.39 is 0 Å². The number of aryl methyl sites for hydroxylation is 2. The number of thiazole rings is 1. The number of aromatic nitrogens is 2.